The molecule has 0 aliphatic carbocycles. The highest BCUT2D eigenvalue weighted by molar-refractivity contribution is 7.89. The normalized spacial score (nSPS) is 11.6. The molecule has 9 heteroatoms. The van der Waals surface area contributed by atoms with Gasteiger partial charge in [-0.05, 0) is 22.4 Å². The highest BCUT2D eigenvalue weighted by atomic mass is 32.2. The van der Waals surface area contributed by atoms with Gasteiger partial charge >= 0.3 is 5.97 Å². The summed E-state index contributed by atoms with van der Waals surface area (Å²) >= 11 is 1.45. The Hall–Kier alpha value is -1.71. The fourth-order valence-corrected chi connectivity index (χ4v) is 3.05. The van der Waals surface area contributed by atoms with E-state index in [1.165, 1.54) is 11.3 Å². The Labute approximate surface area is 107 Å². The molecule has 0 aliphatic heterocycles. The predicted octanol–water partition coefficient (Wildman–Crippen LogP) is 0.648. The fourth-order valence-electron chi connectivity index (χ4n) is 1.28. The number of aromatic carboxylic acids is 1. The minimum absolute atomic E-state index is 0.101. The lowest BCUT2D eigenvalue weighted by Crippen LogP contribution is -2.25. The van der Waals surface area contributed by atoms with Crippen LogP contribution >= 0.6 is 11.3 Å². The van der Waals surface area contributed by atoms with Crippen molar-refractivity contribution in [2.24, 2.45) is 0 Å². The van der Waals surface area contributed by atoms with Gasteiger partial charge in [-0.1, -0.05) is 0 Å². The smallest absolute Gasteiger partial charge is 0.340 e. The van der Waals surface area contributed by atoms with Gasteiger partial charge in [-0.3, -0.25) is 5.10 Å². The molecule has 7 nitrogen and oxygen atoms in total. The van der Waals surface area contributed by atoms with E-state index in [9.17, 15) is 13.2 Å². The molecule has 2 rings (SSSR count). The van der Waals surface area contributed by atoms with Crippen LogP contribution in [0.25, 0.3) is 0 Å². The Kier molecular flexibility index (Phi) is 3.45. The molecule has 0 aromatic carbocycles. The van der Waals surface area contributed by atoms with Crippen molar-refractivity contribution in [1.82, 2.24) is 14.9 Å². The Balaban J connectivity index is 2.20. The average molecular weight is 287 g/mol. The number of carboxylic acids is 1. The van der Waals surface area contributed by atoms with E-state index in [1.54, 1.807) is 11.4 Å². The van der Waals surface area contributed by atoms with Crippen LogP contribution < -0.4 is 4.72 Å². The number of carboxylic acid groups (broad SMARTS) is 1. The van der Waals surface area contributed by atoms with Crippen molar-refractivity contribution in [1.29, 1.82) is 0 Å². The van der Waals surface area contributed by atoms with Gasteiger partial charge in [-0.15, -0.1) is 0 Å². The summed E-state index contributed by atoms with van der Waals surface area (Å²) in [4.78, 5) is 10.8. The molecule has 0 bridgehead atoms. The highest BCUT2D eigenvalue weighted by Crippen LogP contribution is 2.13. The molecule has 0 fully saturated rings. The summed E-state index contributed by atoms with van der Waals surface area (Å²) in [6.45, 7) is 0.101. The molecule has 0 unspecified atom stereocenters. The number of rotatable bonds is 5. The molecular formula is C9H9N3O4S2. The van der Waals surface area contributed by atoms with Crippen LogP contribution in [0.5, 0.6) is 0 Å². The van der Waals surface area contributed by atoms with Gasteiger partial charge < -0.3 is 5.11 Å². The minimum atomic E-state index is -3.91. The summed E-state index contributed by atoms with van der Waals surface area (Å²) in [6, 6.07) is 1.78. The van der Waals surface area contributed by atoms with Gasteiger partial charge in [0.05, 0.1) is 6.20 Å². The van der Waals surface area contributed by atoms with Crippen LogP contribution in [0.15, 0.2) is 28.0 Å². The van der Waals surface area contributed by atoms with E-state index < -0.39 is 21.0 Å². The number of thiophene rings is 1. The Morgan fingerprint density at radius 3 is 2.94 bits per heavy atom. The third-order valence-electron chi connectivity index (χ3n) is 2.15. The molecule has 2 aromatic heterocycles. The highest BCUT2D eigenvalue weighted by Gasteiger charge is 2.24. The number of carbonyl (C=O) groups is 1. The molecule has 0 aliphatic rings. The summed E-state index contributed by atoms with van der Waals surface area (Å²) in [5, 5.41) is 17.6. The number of H-pyrrole nitrogens is 1. The van der Waals surface area contributed by atoms with Crippen LogP contribution in [0, 0.1) is 0 Å². The molecule has 3 N–H and O–H groups in total. The first-order chi connectivity index (χ1) is 8.50. The number of hydrogen-bond acceptors (Lipinski definition) is 5. The van der Waals surface area contributed by atoms with Crippen molar-refractivity contribution in [3.05, 3.63) is 34.2 Å². The second-order valence-electron chi connectivity index (χ2n) is 3.37. The zero-order valence-corrected chi connectivity index (χ0v) is 10.6. The molecule has 2 aromatic rings. The zero-order valence-electron chi connectivity index (χ0n) is 8.95. The van der Waals surface area contributed by atoms with Crippen LogP contribution in [0.3, 0.4) is 0 Å². The van der Waals surface area contributed by atoms with Gasteiger partial charge in [0.2, 0.25) is 0 Å². The van der Waals surface area contributed by atoms with Gasteiger partial charge in [0.25, 0.3) is 10.0 Å². The van der Waals surface area contributed by atoms with Gasteiger partial charge in [0, 0.05) is 6.54 Å². The second-order valence-corrected chi connectivity index (χ2v) is 5.86. The SMILES string of the molecule is O=C(O)c1cn[nH]c1S(=O)(=O)NCc1ccsc1. The lowest BCUT2D eigenvalue weighted by Gasteiger charge is -2.04. The van der Waals surface area contributed by atoms with Crippen LogP contribution in [0.1, 0.15) is 15.9 Å². The number of sulfonamides is 1. The van der Waals surface area contributed by atoms with E-state index in [0.29, 0.717) is 0 Å². The van der Waals surface area contributed by atoms with Crippen molar-refractivity contribution in [2.75, 3.05) is 0 Å². The minimum Gasteiger partial charge on any atom is -0.478 e. The summed E-state index contributed by atoms with van der Waals surface area (Å²) in [5.41, 5.74) is 0.424. The quantitative estimate of drug-likeness (QED) is 0.747. The van der Waals surface area contributed by atoms with Crippen LogP contribution in [0.4, 0.5) is 0 Å². The first kappa shape index (κ1) is 12.7. The van der Waals surface area contributed by atoms with Crippen molar-refractivity contribution in [2.45, 2.75) is 11.6 Å². The number of hydrogen-bond donors (Lipinski definition) is 3. The molecule has 18 heavy (non-hydrogen) atoms. The Bertz CT molecular complexity index is 645. The number of nitrogens with zero attached hydrogens (tertiary/aromatic N) is 1. The first-order valence-corrected chi connectivity index (χ1v) is 7.20. The van der Waals surface area contributed by atoms with Gasteiger partial charge in [-0.25, -0.2) is 17.9 Å². The maximum atomic E-state index is 11.9. The zero-order chi connectivity index (χ0) is 13.2. The molecule has 0 saturated heterocycles. The molecule has 96 valence electrons. The topological polar surface area (TPSA) is 112 Å². The molecular weight excluding hydrogens is 278 g/mol. The van der Waals surface area contributed by atoms with E-state index in [1.807, 2.05) is 5.38 Å². The van der Waals surface area contributed by atoms with E-state index in [-0.39, 0.29) is 12.1 Å². The standard InChI is InChI=1S/C9H9N3O4S2/c13-9(14)7-4-10-12-8(7)18(15,16)11-3-6-1-2-17-5-6/h1-2,4-5,11H,3H2,(H,10,12)(H,13,14). The summed E-state index contributed by atoms with van der Waals surface area (Å²) in [6.07, 6.45) is 0.960. The molecule has 2 heterocycles. The van der Waals surface area contributed by atoms with Gasteiger partial charge in [0.15, 0.2) is 5.03 Å². The summed E-state index contributed by atoms with van der Waals surface area (Å²) in [5.74, 6) is -1.35. The Morgan fingerprint density at radius 1 is 1.56 bits per heavy atom. The predicted molar refractivity (Wildman–Crippen MR) is 63.9 cm³/mol. The maximum absolute atomic E-state index is 11.9. The largest absolute Gasteiger partial charge is 0.478 e. The van der Waals surface area contributed by atoms with E-state index in [2.05, 4.69) is 14.9 Å². The number of aromatic amines is 1. The number of nitrogens with one attached hydrogen (secondary N) is 2. The average Bonchev–Trinajstić information content (AvgIpc) is 2.98. The van der Waals surface area contributed by atoms with Crippen LogP contribution in [-0.4, -0.2) is 29.7 Å². The molecule has 0 radical (unpaired) electrons. The summed E-state index contributed by atoms with van der Waals surface area (Å²) in [7, 11) is -3.91. The maximum Gasteiger partial charge on any atom is 0.340 e. The lowest BCUT2D eigenvalue weighted by atomic mass is 10.4. The van der Waals surface area contributed by atoms with E-state index in [4.69, 9.17) is 5.11 Å². The molecule has 0 spiro atoms. The van der Waals surface area contributed by atoms with Crippen LogP contribution in [-0.2, 0) is 16.6 Å². The Morgan fingerprint density at radius 2 is 2.33 bits per heavy atom. The first-order valence-electron chi connectivity index (χ1n) is 4.78. The lowest BCUT2D eigenvalue weighted by molar-refractivity contribution is 0.0692. The number of aromatic nitrogens is 2. The van der Waals surface area contributed by atoms with Gasteiger partial charge in [0.1, 0.15) is 5.56 Å². The van der Waals surface area contributed by atoms with E-state index >= 15 is 0 Å². The van der Waals surface area contributed by atoms with E-state index in [0.717, 1.165) is 11.8 Å². The molecule has 0 atom stereocenters. The van der Waals surface area contributed by atoms with Gasteiger partial charge in [-0.2, -0.15) is 16.4 Å². The molecule has 0 saturated carbocycles. The van der Waals surface area contributed by atoms with Crippen molar-refractivity contribution >= 4 is 27.3 Å². The summed E-state index contributed by atoms with van der Waals surface area (Å²) < 4.78 is 26.0. The monoisotopic (exact) mass is 287 g/mol. The second kappa shape index (κ2) is 4.88. The fraction of sp³-hybridized carbons (Fsp3) is 0.111. The third-order valence-corrected chi connectivity index (χ3v) is 4.26. The molecule has 0 amide bonds. The van der Waals surface area contributed by atoms with Crippen LogP contribution in [0.2, 0.25) is 0 Å². The third kappa shape index (κ3) is 2.58. The van der Waals surface area contributed by atoms with Crippen molar-refractivity contribution in [3.63, 3.8) is 0 Å². The van der Waals surface area contributed by atoms with Crippen molar-refractivity contribution in [3.8, 4) is 0 Å². The van der Waals surface area contributed by atoms with Crippen molar-refractivity contribution < 1.29 is 18.3 Å².